The van der Waals surface area contributed by atoms with Crippen LogP contribution < -0.4 is 0 Å². The predicted octanol–water partition coefficient (Wildman–Crippen LogP) is 0.249. The molecule has 5 nitrogen and oxygen atoms in total. The zero-order valence-electron chi connectivity index (χ0n) is 11.1. The largest absolute Gasteiger partial charge is 0.463 e. The molecule has 2 fully saturated rings. The monoisotopic (exact) mass is 268 g/mol. The number of hydrogen-bond acceptors (Lipinski definition) is 5. The molecule has 3 rings (SSSR count). The van der Waals surface area contributed by atoms with Crippen LogP contribution in [0.15, 0.2) is 12.2 Å². The first-order valence-corrected chi connectivity index (χ1v) is 6.89. The van der Waals surface area contributed by atoms with E-state index in [1.54, 1.807) is 26.0 Å². The summed E-state index contributed by atoms with van der Waals surface area (Å²) in [5, 5.41) is 20.2. The van der Waals surface area contributed by atoms with Gasteiger partial charge in [-0.05, 0) is 26.2 Å². The second kappa shape index (κ2) is 4.58. The zero-order chi connectivity index (χ0) is 13.7. The van der Waals surface area contributed by atoms with Crippen LogP contribution in [0, 0.1) is 17.8 Å². The second-order valence-corrected chi connectivity index (χ2v) is 6.00. The van der Waals surface area contributed by atoms with E-state index in [1.165, 1.54) is 0 Å². The molecule has 1 saturated carbocycles. The van der Waals surface area contributed by atoms with Gasteiger partial charge in [-0.15, -0.1) is 0 Å². The number of ether oxygens (including phenoxy) is 2. The van der Waals surface area contributed by atoms with Gasteiger partial charge in [0, 0.05) is 5.92 Å². The minimum atomic E-state index is -0.717. The Labute approximate surface area is 112 Å². The quantitative estimate of drug-likeness (QED) is 0.554. The lowest BCUT2D eigenvalue weighted by Crippen LogP contribution is -2.50. The fraction of sp³-hybridized carbons (Fsp3) is 0.786. The normalized spacial score (nSPS) is 47.5. The van der Waals surface area contributed by atoms with Gasteiger partial charge in [0.1, 0.15) is 0 Å². The molecule has 7 atom stereocenters. The van der Waals surface area contributed by atoms with Crippen molar-refractivity contribution < 1.29 is 24.5 Å². The molecule has 0 aromatic carbocycles. The fourth-order valence-electron chi connectivity index (χ4n) is 3.70. The minimum Gasteiger partial charge on any atom is -0.463 e. The van der Waals surface area contributed by atoms with Gasteiger partial charge in [-0.25, -0.2) is 0 Å². The van der Waals surface area contributed by atoms with Gasteiger partial charge in [-0.3, -0.25) is 4.79 Å². The molecular weight excluding hydrogens is 248 g/mol. The van der Waals surface area contributed by atoms with Gasteiger partial charge >= 0.3 is 5.97 Å². The van der Waals surface area contributed by atoms with Crippen LogP contribution in [0.5, 0.6) is 0 Å². The van der Waals surface area contributed by atoms with Crippen molar-refractivity contribution in [2.24, 2.45) is 17.8 Å². The highest BCUT2D eigenvalue weighted by atomic mass is 16.6. The zero-order valence-corrected chi connectivity index (χ0v) is 11.1. The van der Waals surface area contributed by atoms with Crippen molar-refractivity contribution in [3.8, 4) is 0 Å². The first kappa shape index (κ1) is 13.1. The van der Waals surface area contributed by atoms with Crippen LogP contribution in [-0.2, 0) is 14.3 Å². The third-order valence-corrected chi connectivity index (χ3v) is 4.41. The molecule has 0 aromatic rings. The number of aliphatic hydroxyl groups is 2. The summed E-state index contributed by atoms with van der Waals surface area (Å²) >= 11 is 0. The van der Waals surface area contributed by atoms with Crippen LogP contribution in [0.1, 0.15) is 20.3 Å². The highest BCUT2D eigenvalue weighted by Crippen LogP contribution is 2.50. The SMILES string of the molecule is CC(C)OC(=O)[C@@H]1[C@H]2O[C@@H]3C=C[C@H](O)[C@H](C[C@H]2O)[C@@H]13. The van der Waals surface area contributed by atoms with Crippen molar-refractivity contribution in [2.45, 2.75) is 50.8 Å². The summed E-state index contributed by atoms with van der Waals surface area (Å²) < 4.78 is 11.1. The first-order chi connectivity index (χ1) is 8.99. The van der Waals surface area contributed by atoms with Gasteiger partial charge in [-0.2, -0.15) is 0 Å². The smallest absolute Gasteiger partial charge is 0.312 e. The molecule has 1 aliphatic heterocycles. The lowest BCUT2D eigenvalue weighted by molar-refractivity contribution is -0.162. The van der Waals surface area contributed by atoms with E-state index in [-0.39, 0.29) is 30.0 Å². The molecule has 1 heterocycles. The summed E-state index contributed by atoms with van der Waals surface area (Å²) in [4.78, 5) is 12.2. The summed E-state index contributed by atoms with van der Waals surface area (Å²) in [6, 6.07) is 0. The molecule has 5 heteroatoms. The Bertz CT molecular complexity index is 405. The lowest BCUT2D eigenvalue weighted by atomic mass is 9.65. The average Bonchev–Trinajstić information content (AvgIpc) is 2.67. The second-order valence-electron chi connectivity index (χ2n) is 6.00. The maximum Gasteiger partial charge on any atom is 0.312 e. The molecule has 2 N–H and O–H groups in total. The minimum absolute atomic E-state index is 0.0837. The highest BCUT2D eigenvalue weighted by molar-refractivity contribution is 5.75. The van der Waals surface area contributed by atoms with Gasteiger partial charge in [0.15, 0.2) is 0 Å². The van der Waals surface area contributed by atoms with E-state index in [4.69, 9.17) is 9.47 Å². The summed E-state index contributed by atoms with van der Waals surface area (Å²) in [6.07, 6.45) is 1.76. The number of hydrogen-bond donors (Lipinski definition) is 2. The Hall–Kier alpha value is -0.910. The molecular formula is C14H20O5. The molecule has 2 bridgehead atoms. The Morgan fingerprint density at radius 3 is 2.79 bits per heavy atom. The number of esters is 1. The van der Waals surface area contributed by atoms with Gasteiger partial charge < -0.3 is 19.7 Å². The Kier molecular flexibility index (Phi) is 3.15. The summed E-state index contributed by atoms with van der Waals surface area (Å²) in [5.41, 5.74) is 0. The van der Waals surface area contributed by atoms with Crippen LogP contribution in [0.3, 0.4) is 0 Å². The van der Waals surface area contributed by atoms with E-state index in [2.05, 4.69) is 0 Å². The average molecular weight is 268 g/mol. The number of fused-ring (bicyclic) bond motifs is 1. The Morgan fingerprint density at radius 1 is 1.37 bits per heavy atom. The third-order valence-electron chi connectivity index (χ3n) is 4.41. The maximum atomic E-state index is 12.2. The molecule has 106 valence electrons. The van der Waals surface area contributed by atoms with Gasteiger partial charge in [0.2, 0.25) is 0 Å². The third kappa shape index (κ3) is 2.00. The molecule has 19 heavy (non-hydrogen) atoms. The van der Waals surface area contributed by atoms with E-state index in [0.29, 0.717) is 6.42 Å². The van der Waals surface area contributed by atoms with Crippen molar-refractivity contribution in [2.75, 3.05) is 0 Å². The Balaban J connectivity index is 1.90. The summed E-state index contributed by atoms with van der Waals surface area (Å²) in [7, 11) is 0. The van der Waals surface area contributed by atoms with Gasteiger partial charge in [0.25, 0.3) is 0 Å². The molecule has 1 saturated heterocycles. The van der Waals surface area contributed by atoms with Crippen LogP contribution in [-0.4, -0.2) is 46.7 Å². The first-order valence-electron chi connectivity index (χ1n) is 6.89. The molecule has 2 aliphatic carbocycles. The van der Waals surface area contributed by atoms with E-state index in [1.807, 2.05) is 0 Å². The predicted molar refractivity (Wildman–Crippen MR) is 66.1 cm³/mol. The highest BCUT2D eigenvalue weighted by Gasteiger charge is 2.59. The van der Waals surface area contributed by atoms with E-state index >= 15 is 0 Å². The fourth-order valence-corrected chi connectivity index (χ4v) is 3.70. The molecule has 0 radical (unpaired) electrons. The van der Waals surface area contributed by atoms with E-state index in [9.17, 15) is 15.0 Å². The number of carbonyl (C=O) groups is 1. The van der Waals surface area contributed by atoms with Crippen molar-refractivity contribution in [3.05, 3.63) is 12.2 Å². The van der Waals surface area contributed by atoms with Crippen molar-refractivity contribution in [1.82, 2.24) is 0 Å². The molecule has 0 amide bonds. The summed E-state index contributed by atoms with van der Waals surface area (Å²) in [6.45, 7) is 3.60. The van der Waals surface area contributed by atoms with E-state index < -0.39 is 24.2 Å². The number of carbonyl (C=O) groups excluding carboxylic acids is 1. The molecule has 0 unspecified atom stereocenters. The topological polar surface area (TPSA) is 76.0 Å². The number of rotatable bonds is 2. The molecule has 0 spiro atoms. The Morgan fingerprint density at radius 2 is 2.11 bits per heavy atom. The van der Waals surface area contributed by atoms with Crippen LogP contribution >= 0.6 is 0 Å². The van der Waals surface area contributed by atoms with Crippen LogP contribution in [0.2, 0.25) is 0 Å². The van der Waals surface area contributed by atoms with Gasteiger partial charge in [-0.1, -0.05) is 12.2 Å². The summed E-state index contributed by atoms with van der Waals surface area (Å²) in [5.74, 6) is -1.01. The van der Waals surface area contributed by atoms with Crippen molar-refractivity contribution in [1.29, 1.82) is 0 Å². The van der Waals surface area contributed by atoms with Crippen molar-refractivity contribution in [3.63, 3.8) is 0 Å². The van der Waals surface area contributed by atoms with Gasteiger partial charge in [0.05, 0.1) is 36.4 Å². The standard InChI is InChI=1S/C14H20O5/c1-6(2)18-14(17)12-11-7-5-9(16)13(12)19-10(11)4-3-8(7)15/h3-4,6-13,15-16H,5H2,1-2H3/t7-,8-,9+,10+,11+,12-,13-/m0/s1. The van der Waals surface area contributed by atoms with Crippen molar-refractivity contribution >= 4 is 5.97 Å². The maximum absolute atomic E-state index is 12.2. The number of aliphatic hydroxyl groups excluding tert-OH is 2. The van der Waals surface area contributed by atoms with Crippen LogP contribution in [0.25, 0.3) is 0 Å². The lowest BCUT2D eigenvalue weighted by Gasteiger charge is -2.40. The molecule has 0 aromatic heterocycles. The van der Waals surface area contributed by atoms with Crippen LogP contribution in [0.4, 0.5) is 0 Å². The molecule has 3 aliphatic rings. The van der Waals surface area contributed by atoms with E-state index in [0.717, 1.165) is 0 Å².